The molecular formula is C28H24N4O2. The lowest BCUT2D eigenvalue weighted by atomic mass is 10.1. The van der Waals surface area contributed by atoms with Gasteiger partial charge in [0.25, 0.3) is 5.91 Å². The quantitative estimate of drug-likeness (QED) is 0.370. The third-order valence-electron chi connectivity index (χ3n) is 5.60. The molecule has 3 aromatic carbocycles. The minimum absolute atomic E-state index is 0.141. The van der Waals surface area contributed by atoms with Gasteiger partial charge in [-0.15, -0.1) is 0 Å². The highest BCUT2D eigenvalue weighted by atomic mass is 16.5. The lowest BCUT2D eigenvalue weighted by Crippen LogP contribution is -2.22. The molecule has 0 fully saturated rings. The van der Waals surface area contributed by atoms with E-state index in [1.807, 2.05) is 91.9 Å². The van der Waals surface area contributed by atoms with Gasteiger partial charge >= 0.3 is 0 Å². The number of rotatable bonds is 7. The van der Waals surface area contributed by atoms with Crippen LogP contribution in [-0.4, -0.2) is 20.4 Å². The van der Waals surface area contributed by atoms with Crippen molar-refractivity contribution in [1.82, 2.24) is 19.9 Å². The second-order valence-electron chi connectivity index (χ2n) is 8.01. The molecule has 0 saturated carbocycles. The Labute approximate surface area is 197 Å². The lowest BCUT2D eigenvalue weighted by molar-refractivity contribution is 0.0951. The van der Waals surface area contributed by atoms with E-state index in [1.165, 1.54) is 0 Å². The molecule has 168 valence electrons. The molecular weight excluding hydrogens is 424 g/mol. The number of ether oxygens (including phenoxy) is 1. The number of amides is 1. The first-order chi connectivity index (χ1) is 16.7. The Bertz CT molecular complexity index is 1410. The number of carbonyl (C=O) groups excluding carboxylic acids is 1. The zero-order chi connectivity index (χ0) is 23.3. The van der Waals surface area contributed by atoms with E-state index in [2.05, 4.69) is 14.9 Å². The Balaban J connectivity index is 1.32. The highest BCUT2D eigenvalue weighted by Gasteiger charge is 2.13. The van der Waals surface area contributed by atoms with Crippen LogP contribution < -0.4 is 10.1 Å². The van der Waals surface area contributed by atoms with Gasteiger partial charge in [-0.25, -0.2) is 4.98 Å². The summed E-state index contributed by atoms with van der Waals surface area (Å²) in [5.41, 5.74) is 5.36. The minimum Gasteiger partial charge on any atom is -0.489 e. The molecule has 0 aliphatic rings. The number of hydrogen-bond acceptors (Lipinski definition) is 4. The van der Waals surface area contributed by atoms with Crippen LogP contribution in [0, 0.1) is 6.92 Å². The summed E-state index contributed by atoms with van der Waals surface area (Å²) in [6.07, 6.45) is 3.45. The summed E-state index contributed by atoms with van der Waals surface area (Å²) in [5, 5.41) is 2.94. The smallest absolute Gasteiger partial charge is 0.251 e. The second kappa shape index (κ2) is 9.58. The van der Waals surface area contributed by atoms with Crippen molar-refractivity contribution >= 4 is 16.9 Å². The zero-order valence-corrected chi connectivity index (χ0v) is 18.8. The molecule has 0 aliphatic carbocycles. The topological polar surface area (TPSA) is 69.0 Å². The summed E-state index contributed by atoms with van der Waals surface area (Å²) in [5.74, 6) is 1.51. The Morgan fingerprint density at radius 1 is 0.941 bits per heavy atom. The van der Waals surface area contributed by atoms with Gasteiger partial charge in [-0.05, 0) is 66.6 Å². The summed E-state index contributed by atoms with van der Waals surface area (Å²) in [4.78, 5) is 21.4. The van der Waals surface area contributed by atoms with E-state index in [0.29, 0.717) is 18.7 Å². The maximum atomic E-state index is 12.6. The van der Waals surface area contributed by atoms with Crippen molar-refractivity contribution in [2.45, 2.75) is 20.1 Å². The predicted molar refractivity (Wildman–Crippen MR) is 132 cm³/mol. The SMILES string of the molecule is Cc1nc2cc(C(=O)NCc3cccnc3)ccc2n1-c1ccc(OCc2ccccc2)cc1. The molecule has 0 aliphatic heterocycles. The van der Waals surface area contributed by atoms with Gasteiger partial charge in [0.05, 0.1) is 11.0 Å². The van der Waals surface area contributed by atoms with Crippen LogP contribution in [0.3, 0.4) is 0 Å². The van der Waals surface area contributed by atoms with Crippen LogP contribution in [0.1, 0.15) is 27.3 Å². The third kappa shape index (κ3) is 4.66. The van der Waals surface area contributed by atoms with Crippen molar-refractivity contribution in [2.24, 2.45) is 0 Å². The number of aromatic nitrogens is 3. The summed E-state index contributed by atoms with van der Waals surface area (Å²) >= 11 is 0. The van der Waals surface area contributed by atoms with Crippen LogP contribution in [0.2, 0.25) is 0 Å². The fraction of sp³-hybridized carbons (Fsp3) is 0.107. The van der Waals surface area contributed by atoms with E-state index < -0.39 is 0 Å². The second-order valence-corrected chi connectivity index (χ2v) is 8.01. The molecule has 1 amide bonds. The van der Waals surface area contributed by atoms with Crippen molar-refractivity contribution in [3.8, 4) is 11.4 Å². The fourth-order valence-electron chi connectivity index (χ4n) is 3.89. The number of benzene rings is 3. The molecule has 5 aromatic rings. The van der Waals surface area contributed by atoms with E-state index in [1.54, 1.807) is 12.4 Å². The average molecular weight is 449 g/mol. The number of carbonyl (C=O) groups is 1. The molecule has 2 aromatic heterocycles. The molecule has 0 radical (unpaired) electrons. The number of nitrogens with zero attached hydrogens (tertiary/aromatic N) is 3. The van der Waals surface area contributed by atoms with Gasteiger partial charge in [-0.1, -0.05) is 36.4 Å². The molecule has 5 rings (SSSR count). The highest BCUT2D eigenvalue weighted by molar-refractivity contribution is 5.97. The molecule has 6 heteroatoms. The largest absolute Gasteiger partial charge is 0.489 e. The van der Waals surface area contributed by atoms with Gasteiger partial charge in [0, 0.05) is 30.2 Å². The van der Waals surface area contributed by atoms with Gasteiger partial charge in [-0.2, -0.15) is 0 Å². The minimum atomic E-state index is -0.141. The Morgan fingerprint density at radius 2 is 1.74 bits per heavy atom. The summed E-state index contributed by atoms with van der Waals surface area (Å²) in [7, 11) is 0. The standard InChI is InChI=1S/C28H24N4O2/c1-20-31-26-16-23(28(33)30-18-22-8-5-15-29-17-22)9-14-27(26)32(20)24-10-12-25(13-11-24)34-19-21-6-3-2-4-7-21/h2-17H,18-19H2,1H3,(H,30,33). The number of pyridine rings is 1. The van der Waals surface area contributed by atoms with Crippen molar-refractivity contribution in [2.75, 3.05) is 0 Å². The molecule has 0 saturated heterocycles. The molecule has 6 nitrogen and oxygen atoms in total. The van der Waals surface area contributed by atoms with Gasteiger partial charge in [0.15, 0.2) is 0 Å². The molecule has 34 heavy (non-hydrogen) atoms. The first kappa shape index (κ1) is 21.4. The van der Waals surface area contributed by atoms with Gasteiger partial charge < -0.3 is 10.1 Å². The van der Waals surface area contributed by atoms with Crippen molar-refractivity contribution in [3.05, 3.63) is 120 Å². The number of imidazole rings is 1. The summed E-state index contributed by atoms with van der Waals surface area (Å²) in [6, 6.07) is 27.4. The monoisotopic (exact) mass is 448 g/mol. The van der Waals surface area contributed by atoms with E-state index in [-0.39, 0.29) is 5.91 Å². The predicted octanol–water partition coefficient (Wildman–Crippen LogP) is 5.24. The Hall–Kier alpha value is -4.45. The van der Waals surface area contributed by atoms with E-state index in [0.717, 1.165) is 39.4 Å². The molecule has 0 unspecified atom stereocenters. The van der Waals surface area contributed by atoms with Gasteiger partial charge in [0.2, 0.25) is 0 Å². The molecule has 2 heterocycles. The first-order valence-corrected chi connectivity index (χ1v) is 11.1. The fourth-order valence-corrected chi connectivity index (χ4v) is 3.89. The molecule has 0 atom stereocenters. The molecule has 1 N–H and O–H groups in total. The zero-order valence-electron chi connectivity index (χ0n) is 18.8. The highest BCUT2D eigenvalue weighted by Crippen LogP contribution is 2.24. The van der Waals surface area contributed by atoms with E-state index in [9.17, 15) is 4.79 Å². The molecule has 0 spiro atoms. The Kier molecular flexibility index (Phi) is 6.03. The number of nitrogens with one attached hydrogen (secondary N) is 1. The summed E-state index contributed by atoms with van der Waals surface area (Å²) < 4.78 is 7.98. The van der Waals surface area contributed by atoms with Crippen molar-refractivity contribution < 1.29 is 9.53 Å². The maximum absolute atomic E-state index is 12.6. The van der Waals surface area contributed by atoms with Crippen LogP contribution in [-0.2, 0) is 13.2 Å². The molecule has 0 bridgehead atoms. The first-order valence-electron chi connectivity index (χ1n) is 11.1. The van der Waals surface area contributed by atoms with Crippen LogP contribution in [0.5, 0.6) is 5.75 Å². The number of fused-ring (bicyclic) bond motifs is 1. The van der Waals surface area contributed by atoms with Crippen LogP contribution in [0.25, 0.3) is 16.7 Å². The van der Waals surface area contributed by atoms with Crippen molar-refractivity contribution in [1.29, 1.82) is 0 Å². The van der Waals surface area contributed by atoms with Crippen LogP contribution >= 0.6 is 0 Å². The van der Waals surface area contributed by atoms with Crippen LogP contribution in [0.15, 0.2) is 97.3 Å². The van der Waals surface area contributed by atoms with Crippen LogP contribution in [0.4, 0.5) is 0 Å². The van der Waals surface area contributed by atoms with E-state index in [4.69, 9.17) is 9.72 Å². The maximum Gasteiger partial charge on any atom is 0.251 e. The lowest BCUT2D eigenvalue weighted by Gasteiger charge is -2.10. The average Bonchev–Trinajstić information content (AvgIpc) is 3.22. The normalized spacial score (nSPS) is 10.9. The van der Waals surface area contributed by atoms with Gasteiger partial charge in [-0.3, -0.25) is 14.3 Å². The Morgan fingerprint density at radius 3 is 2.50 bits per heavy atom. The van der Waals surface area contributed by atoms with Crippen molar-refractivity contribution in [3.63, 3.8) is 0 Å². The number of aryl methyl sites for hydroxylation is 1. The third-order valence-corrected chi connectivity index (χ3v) is 5.60. The summed E-state index contributed by atoms with van der Waals surface area (Å²) in [6.45, 7) is 2.91. The van der Waals surface area contributed by atoms with Gasteiger partial charge in [0.1, 0.15) is 18.2 Å². The van der Waals surface area contributed by atoms with E-state index >= 15 is 0 Å². The number of hydrogen-bond donors (Lipinski definition) is 1.